The monoisotopic (exact) mass is 475 g/mol. The van der Waals surface area contributed by atoms with Crippen molar-refractivity contribution in [3.05, 3.63) is 79.7 Å². The molecular formula is C24H27Cl2N3OS. The topological polar surface area (TPSA) is 45.2 Å². The highest BCUT2D eigenvalue weighted by Gasteiger charge is 2.23. The van der Waals surface area contributed by atoms with E-state index in [1.807, 2.05) is 35.2 Å². The number of carbonyl (C=O) groups is 1. The molecule has 31 heavy (non-hydrogen) atoms. The van der Waals surface area contributed by atoms with E-state index in [-0.39, 0.29) is 11.3 Å². The van der Waals surface area contributed by atoms with Crippen molar-refractivity contribution >= 4 is 46.1 Å². The van der Waals surface area contributed by atoms with Gasteiger partial charge in [0.15, 0.2) is 0 Å². The van der Waals surface area contributed by atoms with Crippen LogP contribution in [-0.4, -0.2) is 29.4 Å². The van der Waals surface area contributed by atoms with Crippen LogP contribution in [0.2, 0.25) is 10.0 Å². The minimum Gasteiger partial charge on any atom is -0.387 e. The standard InChI is InChI=1S/C24H27Cl2N3OS/c1-24(2,3)21-15-31-22(28-21)14-29(12-11-16-5-7-17(25)8-6-16)23(30)19-13-18(26)9-10-20(19)27-4/h5-10,13,15,27H,11-12,14H2,1-4H3. The molecule has 0 saturated heterocycles. The molecular weight excluding hydrogens is 449 g/mol. The molecule has 1 N–H and O–H groups in total. The van der Waals surface area contributed by atoms with E-state index in [4.69, 9.17) is 28.2 Å². The lowest BCUT2D eigenvalue weighted by Gasteiger charge is -2.23. The van der Waals surface area contributed by atoms with Crippen LogP contribution in [0.15, 0.2) is 47.8 Å². The number of rotatable bonds is 7. The average Bonchev–Trinajstić information content (AvgIpc) is 3.21. The van der Waals surface area contributed by atoms with Crippen molar-refractivity contribution in [1.82, 2.24) is 9.88 Å². The van der Waals surface area contributed by atoms with Gasteiger partial charge in [0.2, 0.25) is 0 Å². The Morgan fingerprint density at radius 3 is 2.39 bits per heavy atom. The van der Waals surface area contributed by atoms with E-state index < -0.39 is 0 Å². The number of halogens is 2. The summed E-state index contributed by atoms with van der Waals surface area (Å²) in [7, 11) is 1.80. The van der Waals surface area contributed by atoms with Crippen LogP contribution in [0.5, 0.6) is 0 Å². The molecule has 0 bridgehead atoms. The molecule has 0 radical (unpaired) electrons. The molecule has 4 nitrogen and oxygen atoms in total. The van der Waals surface area contributed by atoms with Gasteiger partial charge < -0.3 is 10.2 Å². The quantitative estimate of drug-likeness (QED) is 0.414. The first-order valence-corrected chi connectivity index (χ1v) is 11.8. The molecule has 0 spiro atoms. The summed E-state index contributed by atoms with van der Waals surface area (Å²) in [5, 5.41) is 7.32. The number of nitrogens with one attached hydrogen (secondary N) is 1. The number of amides is 1. The van der Waals surface area contributed by atoms with Gasteiger partial charge in [0, 0.05) is 40.1 Å². The second-order valence-corrected chi connectivity index (χ2v) is 10.2. The fourth-order valence-electron chi connectivity index (χ4n) is 3.14. The molecule has 7 heteroatoms. The van der Waals surface area contributed by atoms with Crippen molar-refractivity contribution in [2.24, 2.45) is 0 Å². The number of hydrogen-bond acceptors (Lipinski definition) is 4. The highest BCUT2D eigenvalue weighted by atomic mass is 35.5. The summed E-state index contributed by atoms with van der Waals surface area (Å²) in [5.41, 5.74) is 3.44. The zero-order chi connectivity index (χ0) is 22.6. The lowest BCUT2D eigenvalue weighted by Crippen LogP contribution is -2.33. The van der Waals surface area contributed by atoms with Crippen LogP contribution in [0.25, 0.3) is 0 Å². The van der Waals surface area contributed by atoms with E-state index in [0.29, 0.717) is 28.7 Å². The van der Waals surface area contributed by atoms with Crippen molar-refractivity contribution in [3.8, 4) is 0 Å². The van der Waals surface area contributed by atoms with Crippen LogP contribution < -0.4 is 5.32 Å². The minimum atomic E-state index is -0.0756. The SMILES string of the molecule is CNc1ccc(Cl)cc1C(=O)N(CCc1ccc(Cl)cc1)Cc1nc(C(C)(C)C)cs1. The van der Waals surface area contributed by atoms with Crippen LogP contribution in [0.1, 0.15) is 47.4 Å². The van der Waals surface area contributed by atoms with Gasteiger partial charge in [0.05, 0.1) is 17.8 Å². The summed E-state index contributed by atoms with van der Waals surface area (Å²) in [6.07, 6.45) is 0.718. The first-order chi connectivity index (χ1) is 14.7. The molecule has 3 aromatic rings. The molecule has 2 aromatic carbocycles. The van der Waals surface area contributed by atoms with E-state index in [9.17, 15) is 4.79 Å². The second kappa shape index (κ2) is 10.0. The fourth-order valence-corrected chi connectivity index (χ4v) is 4.47. The number of anilines is 1. The maximum atomic E-state index is 13.5. The number of nitrogens with zero attached hydrogens (tertiary/aromatic N) is 2. The third-order valence-electron chi connectivity index (χ3n) is 5.00. The summed E-state index contributed by atoms with van der Waals surface area (Å²) >= 11 is 13.8. The number of hydrogen-bond donors (Lipinski definition) is 1. The smallest absolute Gasteiger partial charge is 0.256 e. The number of carbonyl (C=O) groups excluding carboxylic acids is 1. The molecule has 164 valence electrons. The average molecular weight is 476 g/mol. The molecule has 0 fully saturated rings. The van der Waals surface area contributed by atoms with E-state index in [1.54, 1.807) is 30.5 Å². The van der Waals surface area contributed by atoms with Gasteiger partial charge in [-0.15, -0.1) is 11.3 Å². The van der Waals surface area contributed by atoms with Crippen molar-refractivity contribution in [1.29, 1.82) is 0 Å². The number of thiazole rings is 1. The van der Waals surface area contributed by atoms with E-state index in [0.717, 1.165) is 28.4 Å². The molecule has 0 saturated carbocycles. The molecule has 1 aromatic heterocycles. The van der Waals surface area contributed by atoms with Gasteiger partial charge in [-0.25, -0.2) is 4.98 Å². The van der Waals surface area contributed by atoms with E-state index >= 15 is 0 Å². The Balaban J connectivity index is 1.87. The summed E-state index contributed by atoms with van der Waals surface area (Å²) in [6, 6.07) is 13.0. The lowest BCUT2D eigenvalue weighted by atomic mass is 9.93. The Bertz CT molecular complexity index is 1040. The molecule has 0 aliphatic heterocycles. The molecule has 0 atom stereocenters. The summed E-state index contributed by atoms with van der Waals surface area (Å²) in [4.78, 5) is 20.2. The van der Waals surface area contributed by atoms with Gasteiger partial charge in [-0.3, -0.25) is 4.79 Å². The molecule has 0 aliphatic rings. The van der Waals surface area contributed by atoms with Crippen molar-refractivity contribution in [2.75, 3.05) is 18.9 Å². The predicted octanol–water partition coefficient (Wildman–Crippen LogP) is 6.67. The zero-order valence-corrected chi connectivity index (χ0v) is 20.5. The first-order valence-electron chi connectivity index (χ1n) is 10.1. The minimum absolute atomic E-state index is 0.0286. The molecule has 0 unspecified atom stereocenters. The Labute approximate surface area is 198 Å². The maximum Gasteiger partial charge on any atom is 0.256 e. The van der Waals surface area contributed by atoms with Crippen molar-refractivity contribution in [3.63, 3.8) is 0 Å². The summed E-state index contributed by atoms with van der Waals surface area (Å²) in [5.74, 6) is -0.0756. The molecule has 1 heterocycles. The molecule has 0 aliphatic carbocycles. The number of aromatic nitrogens is 1. The van der Waals surface area contributed by atoms with Crippen molar-refractivity contribution < 1.29 is 4.79 Å². The van der Waals surface area contributed by atoms with Gasteiger partial charge in [-0.1, -0.05) is 56.1 Å². The van der Waals surface area contributed by atoms with Crippen LogP contribution in [0.3, 0.4) is 0 Å². The normalized spacial score (nSPS) is 11.4. The highest BCUT2D eigenvalue weighted by Crippen LogP contribution is 2.26. The largest absolute Gasteiger partial charge is 0.387 e. The summed E-state index contributed by atoms with van der Waals surface area (Å²) in [6.45, 7) is 7.42. The zero-order valence-electron chi connectivity index (χ0n) is 18.2. The van der Waals surface area contributed by atoms with Crippen LogP contribution in [0.4, 0.5) is 5.69 Å². The first kappa shape index (κ1) is 23.6. The summed E-state index contributed by atoms with van der Waals surface area (Å²) < 4.78 is 0. The van der Waals surface area contributed by atoms with Gasteiger partial charge in [0.1, 0.15) is 5.01 Å². The van der Waals surface area contributed by atoms with E-state index in [2.05, 4.69) is 31.5 Å². The molecule has 1 amide bonds. The predicted molar refractivity (Wildman–Crippen MR) is 132 cm³/mol. The van der Waals surface area contributed by atoms with Crippen LogP contribution >= 0.6 is 34.5 Å². The lowest BCUT2D eigenvalue weighted by molar-refractivity contribution is 0.0746. The Hall–Kier alpha value is -2.08. The Morgan fingerprint density at radius 1 is 1.10 bits per heavy atom. The van der Waals surface area contributed by atoms with E-state index in [1.165, 1.54) is 0 Å². The third-order valence-corrected chi connectivity index (χ3v) is 6.32. The Morgan fingerprint density at radius 2 is 1.77 bits per heavy atom. The van der Waals surface area contributed by atoms with Gasteiger partial charge in [-0.05, 0) is 42.3 Å². The molecule has 3 rings (SSSR count). The highest BCUT2D eigenvalue weighted by molar-refractivity contribution is 7.09. The van der Waals surface area contributed by atoms with Gasteiger partial charge in [-0.2, -0.15) is 0 Å². The van der Waals surface area contributed by atoms with Crippen molar-refractivity contribution in [2.45, 2.75) is 39.2 Å². The fraction of sp³-hybridized carbons (Fsp3) is 0.333. The Kier molecular flexibility index (Phi) is 7.63. The van der Waals surface area contributed by atoms with Crippen LogP contribution in [0, 0.1) is 0 Å². The van der Waals surface area contributed by atoms with Crippen LogP contribution in [-0.2, 0) is 18.4 Å². The van der Waals surface area contributed by atoms with Gasteiger partial charge >= 0.3 is 0 Å². The maximum absolute atomic E-state index is 13.5. The number of benzene rings is 2. The third kappa shape index (κ3) is 6.22. The second-order valence-electron chi connectivity index (χ2n) is 8.42. The van der Waals surface area contributed by atoms with Gasteiger partial charge in [0.25, 0.3) is 5.91 Å².